The molecule has 0 fully saturated rings. The van der Waals surface area contributed by atoms with Crippen LogP contribution in [0.4, 0.5) is 5.69 Å². The number of nitrogens with zero attached hydrogens (tertiary/aromatic N) is 2. The molecule has 0 aliphatic heterocycles. The van der Waals surface area contributed by atoms with E-state index in [1.54, 1.807) is 6.20 Å². The lowest BCUT2D eigenvalue weighted by molar-refractivity contribution is 0.332. The normalized spacial score (nSPS) is 11.3. The summed E-state index contributed by atoms with van der Waals surface area (Å²) in [6, 6.07) is 7.39. The third-order valence-electron chi connectivity index (χ3n) is 2.80. The molecule has 0 unspecified atom stereocenters. The van der Waals surface area contributed by atoms with Crippen LogP contribution >= 0.6 is 0 Å². The fourth-order valence-electron chi connectivity index (χ4n) is 1.87. The van der Waals surface area contributed by atoms with E-state index in [9.17, 15) is 0 Å². The van der Waals surface area contributed by atoms with Crippen molar-refractivity contribution in [2.24, 2.45) is 10.7 Å². The van der Waals surface area contributed by atoms with Gasteiger partial charge in [-0.15, -0.1) is 0 Å². The number of guanidine groups is 1. The summed E-state index contributed by atoms with van der Waals surface area (Å²) in [5.74, 6) is 1.74. The molecule has 1 aromatic heterocycles. The van der Waals surface area contributed by atoms with Gasteiger partial charge >= 0.3 is 0 Å². The number of benzene rings is 1. The molecule has 0 saturated heterocycles. The van der Waals surface area contributed by atoms with Gasteiger partial charge in [0.05, 0.1) is 31.1 Å². The van der Waals surface area contributed by atoms with Crippen LogP contribution in [0.3, 0.4) is 0 Å². The first-order valence-corrected chi connectivity index (χ1v) is 7.17. The number of ether oxygens (including phenoxy) is 2. The van der Waals surface area contributed by atoms with Crippen LogP contribution in [0.5, 0.6) is 11.5 Å². The van der Waals surface area contributed by atoms with Gasteiger partial charge in [-0.05, 0) is 32.0 Å². The van der Waals surface area contributed by atoms with Crippen LogP contribution < -0.4 is 20.5 Å². The predicted molar refractivity (Wildman–Crippen MR) is 86.3 cm³/mol. The minimum Gasteiger partial charge on any atom is -0.494 e. The minimum absolute atomic E-state index is 0.296. The molecule has 0 aliphatic carbocycles. The Balaban J connectivity index is 2.11. The molecule has 1 aromatic carbocycles. The molecule has 7 nitrogen and oxygen atoms in total. The predicted octanol–water partition coefficient (Wildman–Crippen LogP) is 2.13. The van der Waals surface area contributed by atoms with Crippen LogP contribution in [0, 0.1) is 0 Å². The second-order valence-electron chi connectivity index (χ2n) is 4.43. The Kier molecular flexibility index (Phi) is 5.65. The van der Waals surface area contributed by atoms with Crippen LogP contribution in [-0.2, 0) is 6.54 Å². The summed E-state index contributed by atoms with van der Waals surface area (Å²) in [5.41, 5.74) is 7.53. The number of aliphatic imine (C=N–C) groups is 1. The number of rotatable bonds is 7. The van der Waals surface area contributed by atoms with Crippen LogP contribution in [0.25, 0.3) is 0 Å². The molecule has 0 bridgehead atoms. The van der Waals surface area contributed by atoms with E-state index in [-0.39, 0.29) is 0 Å². The lowest BCUT2D eigenvalue weighted by Gasteiger charge is -2.13. The smallest absolute Gasteiger partial charge is 0.193 e. The topological polar surface area (TPSA) is 97.6 Å². The van der Waals surface area contributed by atoms with E-state index >= 15 is 0 Å². The standard InChI is InChI=1S/C15H21N5O2/c1-3-21-12-5-6-14(22-4-2)13(9-12)19-15(16)17-10-11-7-8-18-20-11/h5-9H,3-4,10H2,1-2H3,(H,18,20)(H3,16,17,19). The lowest BCUT2D eigenvalue weighted by Crippen LogP contribution is -2.23. The second-order valence-corrected chi connectivity index (χ2v) is 4.43. The van der Waals surface area contributed by atoms with Gasteiger partial charge in [0.1, 0.15) is 11.5 Å². The van der Waals surface area contributed by atoms with Crippen molar-refractivity contribution in [1.82, 2.24) is 10.2 Å². The maximum absolute atomic E-state index is 5.92. The summed E-state index contributed by atoms with van der Waals surface area (Å²) in [5, 5.41) is 9.74. The zero-order chi connectivity index (χ0) is 15.8. The summed E-state index contributed by atoms with van der Waals surface area (Å²) < 4.78 is 11.1. The highest BCUT2D eigenvalue weighted by molar-refractivity contribution is 5.93. The van der Waals surface area contributed by atoms with E-state index in [0.717, 1.165) is 17.1 Å². The molecule has 2 aromatic rings. The number of anilines is 1. The molecule has 0 saturated carbocycles. The fraction of sp³-hybridized carbons (Fsp3) is 0.333. The van der Waals surface area contributed by atoms with Crippen molar-refractivity contribution < 1.29 is 9.47 Å². The van der Waals surface area contributed by atoms with Crippen LogP contribution in [0.2, 0.25) is 0 Å². The summed E-state index contributed by atoms with van der Waals surface area (Å²) in [7, 11) is 0. The first-order chi connectivity index (χ1) is 10.7. The van der Waals surface area contributed by atoms with Crippen molar-refractivity contribution in [3.63, 3.8) is 0 Å². The highest BCUT2D eigenvalue weighted by atomic mass is 16.5. The van der Waals surface area contributed by atoms with Crippen molar-refractivity contribution >= 4 is 11.6 Å². The van der Waals surface area contributed by atoms with Crippen molar-refractivity contribution in [2.45, 2.75) is 20.4 Å². The molecule has 1 heterocycles. The number of hydrogen-bond acceptors (Lipinski definition) is 4. The molecule has 0 radical (unpaired) electrons. The maximum atomic E-state index is 5.92. The molecule has 2 rings (SSSR count). The lowest BCUT2D eigenvalue weighted by atomic mass is 10.2. The summed E-state index contributed by atoms with van der Waals surface area (Å²) in [6.45, 7) is 5.44. The molecule has 118 valence electrons. The molecule has 22 heavy (non-hydrogen) atoms. The van der Waals surface area contributed by atoms with Gasteiger partial charge in [-0.3, -0.25) is 5.10 Å². The summed E-state index contributed by atoms with van der Waals surface area (Å²) in [6.07, 6.45) is 1.67. The van der Waals surface area contributed by atoms with Gasteiger partial charge in [0.2, 0.25) is 0 Å². The number of H-pyrrole nitrogens is 1. The van der Waals surface area contributed by atoms with E-state index in [1.807, 2.05) is 38.1 Å². The van der Waals surface area contributed by atoms with Gasteiger partial charge in [-0.25, -0.2) is 4.99 Å². The molecule has 0 atom stereocenters. The largest absolute Gasteiger partial charge is 0.494 e. The van der Waals surface area contributed by atoms with Crippen molar-refractivity contribution in [1.29, 1.82) is 0 Å². The van der Waals surface area contributed by atoms with E-state index < -0.39 is 0 Å². The zero-order valence-corrected chi connectivity index (χ0v) is 12.8. The second kappa shape index (κ2) is 7.92. The van der Waals surface area contributed by atoms with Crippen LogP contribution in [0.15, 0.2) is 35.5 Å². The number of nitrogens with one attached hydrogen (secondary N) is 2. The molecule has 0 spiro atoms. The Morgan fingerprint density at radius 3 is 2.77 bits per heavy atom. The highest BCUT2D eigenvalue weighted by Gasteiger charge is 2.07. The third-order valence-corrected chi connectivity index (χ3v) is 2.80. The van der Waals surface area contributed by atoms with E-state index in [1.165, 1.54) is 0 Å². The molecule has 4 N–H and O–H groups in total. The monoisotopic (exact) mass is 303 g/mol. The highest BCUT2D eigenvalue weighted by Crippen LogP contribution is 2.29. The summed E-state index contributed by atoms with van der Waals surface area (Å²) in [4.78, 5) is 4.25. The molecule has 0 aliphatic rings. The van der Waals surface area contributed by atoms with Gasteiger partial charge in [0, 0.05) is 12.3 Å². The van der Waals surface area contributed by atoms with E-state index in [0.29, 0.717) is 31.5 Å². The Hall–Kier alpha value is -2.70. The molecule has 7 heteroatoms. The Morgan fingerprint density at radius 2 is 2.09 bits per heavy atom. The SMILES string of the molecule is CCOc1ccc(OCC)c(NC(N)=NCc2ccn[nH]2)c1. The Morgan fingerprint density at radius 1 is 1.27 bits per heavy atom. The van der Waals surface area contributed by atoms with Crippen molar-refractivity contribution in [3.05, 3.63) is 36.2 Å². The average Bonchev–Trinajstić information content (AvgIpc) is 3.02. The number of aromatic nitrogens is 2. The van der Waals surface area contributed by atoms with Crippen molar-refractivity contribution in [3.8, 4) is 11.5 Å². The van der Waals surface area contributed by atoms with Gasteiger partial charge < -0.3 is 20.5 Å². The maximum Gasteiger partial charge on any atom is 0.193 e. The van der Waals surface area contributed by atoms with E-state index in [4.69, 9.17) is 15.2 Å². The first kappa shape index (κ1) is 15.7. The number of hydrogen-bond donors (Lipinski definition) is 3. The molecular weight excluding hydrogens is 282 g/mol. The van der Waals surface area contributed by atoms with E-state index in [2.05, 4.69) is 20.5 Å². The first-order valence-electron chi connectivity index (χ1n) is 7.17. The Labute approximate surface area is 129 Å². The van der Waals surface area contributed by atoms with Crippen molar-refractivity contribution in [2.75, 3.05) is 18.5 Å². The number of aromatic amines is 1. The van der Waals surface area contributed by atoms with Gasteiger partial charge in [0.25, 0.3) is 0 Å². The molecule has 0 amide bonds. The van der Waals surface area contributed by atoms with Gasteiger partial charge in [0.15, 0.2) is 5.96 Å². The zero-order valence-electron chi connectivity index (χ0n) is 12.8. The van der Waals surface area contributed by atoms with Crippen LogP contribution in [0.1, 0.15) is 19.5 Å². The van der Waals surface area contributed by atoms with Gasteiger partial charge in [-0.1, -0.05) is 0 Å². The summed E-state index contributed by atoms with van der Waals surface area (Å²) >= 11 is 0. The third kappa shape index (κ3) is 4.41. The average molecular weight is 303 g/mol. The van der Waals surface area contributed by atoms with Crippen LogP contribution in [-0.4, -0.2) is 29.4 Å². The fourth-order valence-corrected chi connectivity index (χ4v) is 1.87. The quantitative estimate of drug-likeness (QED) is 0.538. The van der Waals surface area contributed by atoms with Gasteiger partial charge in [-0.2, -0.15) is 5.10 Å². The minimum atomic E-state index is 0.296. The molecular formula is C15H21N5O2. The Bertz CT molecular complexity index is 610. The number of nitrogens with two attached hydrogens (primary N) is 1.